The van der Waals surface area contributed by atoms with Gasteiger partial charge in [-0.15, -0.1) is 11.3 Å². The number of benzene rings is 1. The van der Waals surface area contributed by atoms with Crippen molar-refractivity contribution < 1.29 is 14.3 Å². The first-order valence-corrected chi connectivity index (χ1v) is 16.7. The number of hydrogen-bond acceptors (Lipinski definition) is 5. The zero-order valence-corrected chi connectivity index (χ0v) is 28.3. The van der Waals surface area contributed by atoms with Crippen LogP contribution in [0.2, 0.25) is 0 Å². The molecule has 0 spiro atoms. The number of nitrogens with one attached hydrogen (secondary N) is 1. The molecule has 5 nitrogen and oxygen atoms in total. The minimum atomic E-state index is -0.399. The molecule has 0 saturated heterocycles. The van der Waals surface area contributed by atoms with E-state index >= 15 is 0 Å². The summed E-state index contributed by atoms with van der Waals surface area (Å²) in [4.78, 5) is 30.6. The molecular formula is C38H58N2O3S. The van der Waals surface area contributed by atoms with Crippen LogP contribution in [0.5, 0.6) is 0 Å². The van der Waals surface area contributed by atoms with Crippen molar-refractivity contribution in [1.29, 1.82) is 0 Å². The number of carbonyl (C=O) groups excluding carboxylic acids is 2. The fraction of sp³-hybridized carbons (Fsp3) is 0.526. The minimum Gasteiger partial charge on any atom is -0.465 e. The first-order valence-electron chi connectivity index (χ1n) is 15.9. The molecule has 1 aliphatic carbocycles. The van der Waals surface area contributed by atoms with Gasteiger partial charge in [-0.3, -0.25) is 4.79 Å². The van der Waals surface area contributed by atoms with Crippen molar-refractivity contribution in [2.45, 2.75) is 93.5 Å². The Hall–Kier alpha value is -2.96. The summed E-state index contributed by atoms with van der Waals surface area (Å²) in [6.07, 6.45) is 13.4. The van der Waals surface area contributed by atoms with Crippen molar-refractivity contribution in [3.63, 3.8) is 0 Å². The molecule has 1 unspecified atom stereocenters. The number of ether oxygens (including phenoxy) is 1. The Morgan fingerprint density at radius 3 is 2.32 bits per heavy atom. The summed E-state index contributed by atoms with van der Waals surface area (Å²) < 4.78 is 5.19. The van der Waals surface area contributed by atoms with Crippen molar-refractivity contribution in [2.75, 3.05) is 25.1 Å². The van der Waals surface area contributed by atoms with Crippen molar-refractivity contribution in [2.24, 2.45) is 17.8 Å². The van der Waals surface area contributed by atoms with E-state index in [1.807, 2.05) is 72.5 Å². The number of rotatable bonds is 13. The van der Waals surface area contributed by atoms with E-state index in [4.69, 9.17) is 4.74 Å². The Bertz CT molecular complexity index is 1190. The van der Waals surface area contributed by atoms with Gasteiger partial charge in [-0.2, -0.15) is 0 Å². The molecule has 1 amide bonds. The molecule has 0 aliphatic heterocycles. The molecule has 1 heterocycles. The fourth-order valence-electron chi connectivity index (χ4n) is 5.14. The van der Waals surface area contributed by atoms with Gasteiger partial charge in [0.15, 0.2) is 0 Å². The van der Waals surface area contributed by atoms with Crippen LogP contribution >= 0.6 is 11.3 Å². The van der Waals surface area contributed by atoms with Crippen molar-refractivity contribution in [3.8, 4) is 10.4 Å². The topological polar surface area (TPSA) is 58.6 Å². The van der Waals surface area contributed by atoms with E-state index in [9.17, 15) is 9.59 Å². The van der Waals surface area contributed by atoms with Crippen LogP contribution < -0.4 is 10.2 Å². The lowest BCUT2D eigenvalue weighted by atomic mass is 9.82. The molecule has 1 aliphatic rings. The first-order chi connectivity index (χ1) is 20.6. The summed E-state index contributed by atoms with van der Waals surface area (Å²) >= 11 is 1.40. The number of amides is 1. The SMILES string of the molecule is C.C=C(/C=C\C=C/C)CNCCC(CC)N(C(=O)C1CCC(C)CC1)c1cc(-c2ccccc2)sc1C(=O)OC.CC(C)C. The van der Waals surface area contributed by atoms with Gasteiger partial charge in [-0.05, 0) is 81.0 Å². The number of anilines is 1. The number of allylic oxidation sites excluding steroid dienone is 3. The van der Waals surface area contributed by atoms with E-state index in [1.54, 1.807) is 0 Å². The van der Waals surface area contributed by atoms with Gasteiger partial charge >= 0.3 is 5.97 Å². The first kappa shape index (κ1) is 39.1. The highest BCUT2D eigenvalue weighted by atomic mass is 32.1. The molecule has 1 saturated carbocycles. The van der Waals surface area contributed by atoms with E-state index in [2.05, 4.69) is 46.5 Å². The standard InChI is InChI=1S/C33H44N2O3S.C4H10.CH4/c1-6-8-10-13-25(4)23-34-21-20-28(7-2)35(32(36)27-18-16-24(3)17-19-27)29-22-30(26-14-11-9-12-15-26)39-31(29)33(37)38-5;1-4(2)3;/h6,8-15,22,24,27-28,34H,4,7,16-21,23H2,1-3,5H3;4H,1-3H3;1H4/b8-6-,13-10-;;. The molecule has 1 fully saturated rings. The maximum Gasteiger partial charge on any atom is 0.350 e. The molecule has 6 heteroatoms. The minimum absolute atomic E-state index is 0. The summed E-state index contributed by atoms with van der Waals surface area (Å²) in [5.74, 6) is 1.20. The van der Waals surface area contributed by atoms with Gasteiger partial charge in [0.1, 0.15) is 4.88 Å². The average molecular weight is 623 g/mol. The summed E-state index contributed by atoms with van der Waals surface area (Å²) in [5.41, 5.74) is 2.71. The lowest BCUT2D eigenvalue weighted by Crippen LogP contribution is -2.46. The largest absolute Gasteiger partial charge is 0.465 e. The Labute approximate surface area is 272 Å². The van der Waals surface area contributed by atoms with Gasteiger partial charge in [0.2, 0.25) is 5.91 Å². The molecule has 244 valence electrons. The monoisotopic (exact) mass is 622 g/mol. The van der Waals surface area contributed by atoms with Gasteiger partial charge in [0.25, 0.3) is 0 Å². The smallest absolute Gasteiger partial charge is 0.350 e. The van der Waals surface area contributed by atoms with Crippen LogP contribution in [0.3, 0.4) is 0 Å². The zero-order chi connectivity index (χ0) is 31.8. The molecule has 2 aromatic rings. The van der Waals surface area contributed by atoms with Crippen molar-refractivity contribution >= 4 is 28.9 Å². The molecule has 1 aromatic heterocycles. The normalized spacial score (nSPS) is 17.1. The molecule has 1 N–H and O–H groups in total. The van der Waals surface area contributed by atoms with Crippen LogP contribution in [0, 0.1) is 17.8 Å². The van der Waals surface area contributed by atoms with Gasteiger partial charge < -0.3 is 15.0 Å². The van der Waals surface area contributed by atoms with Crippen LogP contribution in [-0.2, 0) is 9.53 Å². The lowest BCUT2D eigenvalue weighted by molar-refractivity contribution is -0.124. The predicted molar refractivity (Wildman–Crippen MR) is 192 cm³/mol. The molecule has 3 rings (SSSR count). The third kappa shape index (κ3) is 12.6. The van der Waals surface area contributed by atoms with E-state index in [0.29, 0.717) is 23.0 Å². The van der Waals surface area contributed by atoms with Crippen LogP contribution in [0.4, 0.5) is 5.69 Å². The highest BCUT2D eigenvalue weighted by Gasteiger charge is 2.35. The van der Waals surface area contributed by atoms with E-state index in [1.165, 1.54) is 18.4 Å². The molecule has 0 radical (unpaired) electrons. The van der Waals surface area contributed by atoms with Gasteiger partial charge in [-0.25, -0.2) is 4.79 Å². The molecule has 0 bridgehead atoms. The van der Waals surface area contributed by atoms with Crippen LogP contribution in [0.1, 0.15) is 97.2 Å². The number of hydrogen-bond donors (Lipinski definition) is 1. The second-order valence-electron chi connectivity index (χ2n) is 12.2. The summed E-state index contributed by atoms with van der Waals surface area (Å²) in [7, 11) is 1.40. The second kappa shape index (κ2) is 20.9. The lowest BCUT2D eigenvalue weighted by Gasteiger charge is -2.36. The number of nitrogens with zero attached hydrogens (tertiary/aromatic N) is 1. The molecule has 1 aromatic carbocycles. The second-order valence-corrected chi connectivity index (χ2v) is 13.2. The van der Waals surface area contributed by atoms with Crippen molar-refractivity contribution in [3.05, 3.63) is 77.7 Å². The third-order valence-corrected chi connectivity index (χ3v) is 8.64. The highest BCUT2D eigenvalue weighted by molar-refractivity contribution is 7.18. The maximum absolute atomic E-state index is 14.2. The number of thiophene rings is 1. The number of esters is 1. The molecular weight excluding hydrogens is 564 g/mol. The van der Waals surface area contributed by atoms with E-state index in [-0.39, 0.29) is 25.3 Å². The average Bonchev–Trinajstić information content (AvgIpc) is 3.43. The maximum atomic E-state index is 14.2. The third-order valence-electron chi connectivity index (χ3n) is 7.48. The predicted octanol–water partition coefficient (Wildman–Crippen LogP) is 10.1. The summed E-state index contributed by atoms with van der Waals surface area (Å²) in [6, 6.07) is 12.0. The van der Waals surface area contributed by atoms with Crippen LogP contribution in [0.25, 0.3) is 10.4 Å². The Balaban J connectivity index is 0.00000182. The summed E-state index contributed by atoms with van der Waals surface area (Å²) in [5, 5.41) is 3.49. The van der Waals surface area contributed by atoms with Gasteiger partial charge in [-0.1, -0.05) is 103 Å². The van der Waals surface area contributed by atoms with E-state index in [0.717, 1.165) is 67.0 Å². The van der Waals surface area contributed by atoms with Crippen LogP contribution in [0.15, 0.2) is 72.9 Å². The van der Waals surface area contributed by atoms with E-state index < -0.39 is 5.97 Å². The Morgan fingerprint density at radius 1 is 1.11 bits per heavy atom. The fourth-order valence-corrected chi connectivity index (χ4v) is 6.21. The number of methoxy groups -OCH3 is 1. The quantitative estimate of drug-likeness (QED) is 0.137. The molecule has 44 heavy (non-hydrogen) atoms. The van der Waals surface area contributed by atoms with Gasteiger partial charge in [0.05, 0.1) is 12.8 Å². The van der Waals surface area contributed by atoms with Crippen LogP contribution in [-0.4, -0.2) is 38.1 Å². The molecule has 1 atom stereocenters. The summed E-state index contributed by atoms with van der Waals surface area (Å²) in [6.45, 7) is 18.4. The Kier molecular flexibility index (Phi) is 18.6. The zero-order valence-electron chi connectivity index (χ0n) is 27.5. The highest BCUT2D eigenvalue weighted by Crippen LogP contribution is 2.40. The van der Waals surface area contributed by atoms with Crippen molar-refractivity contribution in [1.82, 2.24) is 5.32 Å². The van der Waals surface area contributed by atoms with Gasteiger partial charge in [0, 0.05) is 23.4 Å². The Morgan fingerprint density at radius 2 is 1.75 bits per heavy atom. The number of carbonyl (C=O) groups is 2.